The average molecular weight is 278 g/mol. The molecule has 0 aliphatic heterocycles. The van der Waals surface area contributed by atoms with E-state index < -0.39 is 0 Å². The Kier molecular flexibility index (Phi) is 5.10. The highest BCUT2D eigenvalue weighted by Crippen LogP contribution is 2.28. The standard InChI is InChI=1S/C14H22N4S/c1-4-18(5-2)8-6-7-15-14-13-12(16-10-17-14)11(3)9-19-13/h9-10H,4-8H2,1-3H3,(H,15,16,17). The van der Waals surface area contributed by atoms with E-state index in [2.05, 4.69) is 46.3 Å². The molecule has 0 bridgehead atoms. The van der Waals surface area contributed by atoms with Crippen LogP contribution in [0.2, 0.25) is 0 Å². The van der Waals surface area contributed by atoms with Crippen LogP contribution in [0, 0.1) is 6.92 Å². The van der Waals surface area contributed by atoms with Gasteiger partial charge in [0.25, 0.3) is 0 Å². The van der Waals surface area contributed by atoms with Crippen molar-refractivity contribution in [2.45, 2.75) is 27.2 Å². The largest absolute Gasteiger partial charge is 0.369 e. The van der Waals surface area contributed by atoms with Crippen molar-refractivity contribution in [3.05, 3.63) is 17.3 Å². The summed E-state index contributed by atoms with van der Waals surface area (Å²) in [6, 6.07) is 0. The van der Waals surface area contributed by atoms with Gasteiger partial charge in [-0.2, -0.15) is 0 Å². The van der Waals surface area contributed by atoms with Crippen LogP contribution in [-0.2, 0) is 0 Å². The lowest BCUT2D eigenvalue weighted by Crippen LogP contribution is -2.25. The van der Waals surface area contributed by atoms with Gasteiger partial charge in [0.15, 0.2) is 0 Å². The highest BCUT2D eigenvalue weighted by molar-refractivity contribution is 7.18. The minimum Gasteiger partial charge on any atom is -0.369 e. The molecule has 0 amide bonds. The Bertz CT molecular complexity index is 519. The number of nitrogens with zero attached hydrogens (tertiary/aromatic N) is 3. The Balaban J connectivity index is 1.91. The Hall–Kier alpha value is -1.20. The van der Waals surface area contributed by atoms with Crippen LogP contribution in [0.15, 0.2) is 11.7 Å². The molecule has 2 aromatic heterocycles. The molecule has 104 valence electrons. The smallest absolute Gasteiger partial charge is 0.147 e. The number of hydrogen-bond acceptors (Lipinski definition) is 5. The van der Waals surface area contributed by atoms with Gasteiger partial charge in [-0.05, 0) is 43.9 Å². The van der Waals surface area contributed by atoms with Gasteiger partial charge < -0.3 is 10.2 Å². The Labute approximate surface area is 118 Å². The number of aromatic nitrogens is 2. The molecule has 0 aliphatic rings. The summed E-state index contributed by atoms with van der Waals surface area (Å²) in [5.74, 6) is 0.975. The van der Waals surface area contributed by atoms with E-state index in [4.69, 9.17) is 0 Å². The van der Waals surface area contributed by atoms with Gasteiger partial charge in [-0.3, -0.25) is 0 Å². The molecular weight excluding hydrogens is 256 g/mol. The minimum atomic E-state index is 0.958. The Morgan fingerprint density at radius 2 is 2.05 bits per heavy atom. The summed E-state index contributed by atoms with van der Waals surface area (Å²) in [5.41, 5.74) is 2.31. The van der Waals surface area contributed by atoms with E-state index in [0.717, 1.165) is 43.9 Å². The van der Waals surface area contributed by atoms with Crippen LogP contribution in [0.4, 0.5) is 5.82 Å². The molecule has 0 radical (unpaired) electrons. The molecular formula is C14H22N4S. The van der Waals surface area contributed by atoms with Crippen molar-refractivity contribution < 1.29 is 0 Å². The molecule has 19 heavy (non-hydrogen) atoms. The van der Waals surface area contributed by atoms with E-state index in [1.54, 1.807) is 17.7 Å². The molecule has 1 N–H and O–H groups in total. The SMILES string of the molecule is CCN(CC)CCCNc1ncnc2c(C)csc12. The fraction of sp³-hybridized carbons (Fsp3) is 0.571. The zero-order valence-electron chi connectivity index (χ0n) is 11.9. The van der Waals surface area contributed by atoms with Crippen molar-refractivity contribution >= 4 is 27.4 Å². The first-order valence-electron chi connectivity index (χ1n) is 6.91. The molecule has 0 saturated carbocycles. The second-order valence-corrected chi connectivity index (χ2v) is 5.51. The molecule has 4 nitrogen and oxygen atoms in total. The zero-order chi connectivity index (χ0) is 13.7. The predicted molar refractivity (Wildman–Crippen MR) is 83.0 cm³/mol. The number of thiophene rings is 1. The summed E-state index contributed by atoms with van der Waals surface area (Å²) < 4.78 is 1.17. The van der Waals surface area contributed by atoms with Crippen molar-refractivity contribution in [2.24, 2.45) is 0 Å². The quantitative estimate of drug-likeness (QED) is 0.790. The number of anilines is 1. The van der Waals surface area contributed by atoms with E-state index in [0.29, 0.717) is 0 Å². The van der Waals surface area contributed by atoms with Crippen molar-refractivity contribution in [2.75, 3.05) is 31.5 Å². The van der Waals surface area contributed by atoms with Crippen molar-refractivity contribution in [1.29, 1.82) is 0 Å². The van der Waals surface area contributed by atoms with Gasteiger partial charge in [0.1, 0.15) is 12.1 Å². The predicted octanol–water partition coefficient (Wildman–Crippen LogP) is 3.14. The van der Waals surface area contributed by atoms with Gasteiger partial charge in [-0.15, -0.1) is 11.3 Å². The molecule has 0 unspecified atom stereocenters. The molecule has 0 fully saturated rings. The first-order valence-corrected chi connectivity index (χ1v) is 7.79. The lowest BCUT2D eigenvalue weighted by Gasteiger charge is -2.17. The highest BCUT2D eigenvalue weighted by Gasteiger charge is 2.07. The average Bonchev–Trinajstić information content (AvgIpc) is 2.82. The number of rotatable bonds is 7. The summed E-state index contributed by atoms with van der Waals surface area (Å²) in [7, 11) is 0. The number of fused-ring (bicyclic) bond motifs is 1. The van der Waals surface area contributed by atoms with Gasteiger partial charge in [0, 0.05) is 6.54 Å². The lowest BCUT2D eigenvalue weighted by atomic mass is 10.3. The number of aryl methyl sites for hydroxylation is 1. The number of nitrogens with one attached hydrogen (secondary N) is 1. The van der Waals surface area contributed by atoms with Crippen LogP contribution in [0.5, 0.6) is 0 Å². The second-order valence-electron chi connectivity index (χ2n) is 4.63. The molecule has 0 spiro atoms. The minimum absolute atomic E-state index is 0.958. The maximum Gasteiger partial charge on any atom is 0.147 e. The van der Waals surface area contributed by atoms with Gasteiger partial charge in [-0.25, -0.2) is 9.97 Å². The topological polar surface area (TPSA) is 41.0 Å². The molecule has 0 atom stereocenters. The van der Waals surface area contributed by atoms with Gasteiger partial charge in [0.2, 0.25) is 0 Å². The van der Waals surface area contributed by atoms with Crippen LogP contribution >= 0.6 is 11.3 Å². The van der Waals surface area contributed by atoms with E-state index in [1.165, 1.54) is 10.3 Å². The summed E-state index contributed by atoms with van der Waals surface area (Å²) >= 11 is 1.72. The number of hydrogen-bond donors (Lipinski definition) is 1. The van der Waals surface area contributed by atoms with Crippen LogP contribution in [-0.4, -0.2) is 41.0 Å². The van der Waals surface area contributed by atoms with Gasteiger partial charge >= 0.3 is 0 Å². The molecule has 2 heterocycles. The Morgan fingerprint density at radius 1 is 1.26 bits per heavy atom. The summed E-state index contributed by atoms with van der Waals surface area (Å²) in [4.78, 5) is 11.1. The molecule has 0 saturated heterocycles. The first-order chi connectivity index (χ1) is 9.26. The molecule has 0 aromatic carbocycles. The zero-order valence-corrected chi connectivity index (χ0v) is 12.8. The third-order valence-electron chi connectivity index (χ3n) is 3.37. The maximum absolute atomic E-state index is 4.35. The van der Waals surface area contributed by atoms with E-state index >= 15 is 0 Å². The fourth-order valence-electron chi connectivity index (χ4n) is 2.14. The third-order valence-corrected chi connectivity index (χ3v) is 4.46. The van der Waals surface area contributed by atoms with Gasteiger partial charge in [0.05, 0.1) is 10.2 Å². The second kappa shape index (κ2) is 6.82. The van der Waals surface area contributed by atoms with Crippen LogP contribution in [0.1, 0.15) is 25.8 Å². The normalized spacial score (nSPS) is 11.4. The van der Waals surface area contributed by atoms with Gasteiger partial charge in [-0.1, -0.05) is 13.8 Å². The summed E-state index contributed by atoms with van der Waals surface area (Å²) in [6.45, 7) is 10.8. The van der Waals surface area contributed by atoms with Crippen molar-refractivity contribution in [1.82, 2.24) is 14.9 Å². The Morgan fingerprint density at radius 3 is 2.79 bits per heavy atom. The highest BCUT2D eigenvalue weighted by atomic mass is 32.1. The van der Waals surface area contributed by atoms with Crippen LogP contribution < -0.4 is 5.32 Å². The van der Waals surface area contributed by atoms with Crippen LogP contribution in [0.25, 0.3) is 10.2 Å². The molecule has 2 rings (SSSR count). The van der Waals surface area contributed by atoms with E-state index in [-0.39, 0.29) is 0 Å². The van der Waals surface area contributed by atoms with E-state index in [9.17, 15) is 0 Å². The van der Waals surface area contributed by atoms with Crippen molar-refractivity contribution in [3.8, 4) is 0 Å². The van der Waals surface area contributed by atoms with Crippen molar-refractivity contribution in [3.63, 3.8) is 0 Å². The summed E-state index contributed by atoms with van der Waals surface area (Å²) in [5, 5.41) is 5.58. The lowest BCUT2D eigenvalue weighted by molar-refractivity contribution is 0.303. The maximum atomic E-state index is 4.35. The fourth-order valence-corrected chi connectivity index (χ4v) is 3.11. The first kappa shape index (κ1) is 14.2. The molecule has 0 aliphatic carbocycles. The van der Waals surface area contributed by atoms with E-state index in [1.807, 2.05) is 0 Å². The monoisotopic (exact) mass is 278 g/mol. The summed E-state index contributed by atoms with van der Waals surface area (Å²) in [6.07, 6.45) is 2.78. The van der Waals surface area contributed by atoms with Crippen LogP contribution in [0.3, 0.4) is 0 Å². The molecule has 5 heteroatoms. The third kappa shape index (κ3) is 3.42. The molecule has 2 aromatic rings.